The molecule has 1 radical (unpaired) electrons. The van der Waals surface area contributed by atoms with Crippen LogP contribution in [0.15, 0.2) is 18.2 Å². The topological polar surface area (TPSA) is 31.2 Å². The van der Waals surface area contributed by atoms with Crippen LogP contribution < -0.4 is 5.32 Å². The molecule has 0 spiro atoms. The molecule has 0 saturated heterocycles. The lowest BCUT2D eigenvalue weighted by Crippen LogP contribution is -1.95. The van der Waals surface area contributed by atoms with Gasteiger partial charge in [0.2, 0.25) is 6.41 Å². The van der Waals surface area contributed by atoms with E-state index in [1.165, 1.54) is 0 Å². The number of carbonyl (C=O) groups excluding carboxylic acids is 1. The quantitative estimate of drug-likeness (QED) is 0.594. The number of carbonyl (C=O) groups is 1. The lowest BCUT2D eigenvalue weighted by atomic mass is 10.3. The Morgan fingerprint density at radius 1 is 1.36 bits per heavy atom. The highest BCUT2D eigenvalue weighted by molar-refractivity contribution is 5.58. The van der Waals surface area contributed by atoms with Crippen LogP contribution >= 0.6 is 0 Å². The van der Waals surface area contributed by atoms with Gasteiger partial charge in [-0.2, -0.15) is 0 Å². The van der Waals surface area contributed by atoms with E-state index in [4.69, 9.17) is 0 Å². The molecule has 0 unspecified atom stereocenters. The van der Waals surface area contributed by atoms with Gasteiger partial charge < -0.3 is 0 Å². The van der Waals surface area contributed by atoms with Crippen LogP contribution in [0.4, 0.5) is 14.5 Å². The normalized spacial score (nSPS) is 9.27. The molecular weight excluding hydrogens is 152 g/mol. The summed E-state index contributed by atoms with van der Waals surface area (Å²) in [5.74, 6) is -1.52. The summed E-state index contributed by atoms with van der Waals surface area (Å²) >= 11 is 0. The molecule has 0 aliphatic carbocycles. The zero-order chi connectivity index (χ0) is 8.27. The summed E-state index contributed by atoms with van der Waals surface area (Å²) in [5.41, 5.74) is -0.151. The summed E-state index contributed by atoms with van der Waals surface area (Å²) < 4.78 is 24.8. The molecule has 0 N–H and O–H groups in total. The zero-order valence-corrected chi connectivity index (χ0v) is 5.42. The first-order valence-corrected chi connectivity index (χ1v) is 2.83. The Hall–Kier alpha value is -1.45. The molecule has 0 bridgehead atoms. The molecule has 0 saturated carbocycles. The van der Waals surface area contributed by atoms with Crippen LogP contribution in [0, 0.1) is 11.6 Å². The minimum atomic E-state index is -0.836. The van der Waals surface area contributed by atoms with E-state index in [1.807, 2.05) is 0 Å². The van der Waals surface area contributed by atoms with E-state index in [2.05, 4.69) is 5.32 Å². The molecule has 1 amide bonds. The third-order valence-corrected chi connectivity index (χ3v) is 1.10. The average Bonchev–Trinajstić information content (AvgIpc) is 1.95. The van der Waals surface area contributed by atoms with Crippen LogP contribution in [0.25, 0.3) is 0 Å². The highest BCUT2D eigenvalue weighted by atomic mass is 19.1. The molecule has 0 atom stereocenters. The van der Waals surface area contributed by atoms with E-state index < -0.39 is 11.6 Å². The van der Waals surface area contributed by atoms with Crippen molar-refractivity contribution in [3.8, 4) is 0 Å². The summed E-state index contributed by atoms with van der Waals surface area (Å²) in [5, 5.41) is 3.13. The minimum Gasteiger partial charge on any atom is -0.276 e. The van der Waals surface area contributed by atoms with Gasteiger partial charge in [0.15, 0.2) is 5.82 Å². The maximum Gasteiger partial charge on any atom is 0.233 e. The number of halogens is 2. The largest absolute Gasteiger partial charge is 0.276 e. The Kier molecular flexibility index (Phi) is 2.15. The van der Waals surface area contributed by atoms with Crippen molar-refractivity contribution in [2.24, 2.45) is 0 Å². The van der Waals surface area contributed by atoms with Crippen molar-refractivity contribution in [2.75, 3.05) is 0 Å². The van der Waals surface area contributed by atoms with Crippen molar-refractivity contribution in [3.05, 3.63) is 29.8 Å². The third-order valence-electron chi connectivity index (χ3n) is 1.10. The van der Waals surface area contributed by atoms with Crippen LogP contribution in [-0.2, 0) is 4.79 Å². The summed E-state index contributed by atoms with van der Waals surface area (Å²) in [4.78, 5) is 9.78. The Bertz CT molecular complexity index is 275. The lowest BCUT2D eigenvalue weighted by molar-refractivity contribution is -0.108. The zero-order valence-electron chi connectivity index (χ0n) is 5.42. The SMILES string of the molecule is O=C[N]c1ccc(F)cc1F. The van der Waals surface area contributed by atoms with Crippen molar-refractivity contribution < 1.29 is 13.6 Å². The van der Waals surface area contributed by atoms with Gasteiger partial charge in [-0.15, -0.1) is 0 Å². The van der Waals surface area contributed by atoms with Crippen LogP contribution in [0.3, 0.4) is 0 Å². The molecule has 1 aromatic carbocycles. The van der Waals surface area contributed by atoms with Gasteiger partial charge in [0.05, 0.1) is 0 Å². The van der Waals surface area contributed by atoms with Gasteiger partial charge in [-0.1, -0.05) is 0 Å². The van der Waals surface area contributed by atoms with Gasteiger partial charge in [0.25, 0.3) is 0 Å². The fraction of sp³-hybridized carbons (Fsp3) is 0. The molecule has 57 valence electrons. The Morgan fingerprint density at radius 3 is 2.64 bits per heavy atom. The van der Waals surface area contributed by atoms with Gasteiger partial charge >= 0.3 is 0 Å². The van der Waals surface area contributed by atoms with Crippen LogP contribution in [0.5, 0.6) is 0 Å². The Labute approximate surface area is 61.8 Å². The van der Waals surface area contributed by atoms with Crippen molar-refractivity contribution in [2.45, 2.75) is 0 Å². The Balaban J connectivity index is 2.98. The molecular formula is C7H4F2NO. The second-order valence-electron chi connectivity index (χ2n) is 1.83. The van der Waals surface area contributed by atoms with E-state index in [0.717, 1.165) is 12.1 Å². The highest BCUT2D eigenvalue weighted by Crippen LogP contribution is 2.13. The monoisotopic (exact) mass is 156 g/mol. The molecule has 0 aromatic heterocycles. The molecule has 2 nitrogen and oxygen atoms in total. The van der Waals surface area contributed by atoms with E-state index in [9.17, 15) is 13.6 Å². The van der Waals surface area contributed by atoms with Crippen LogP contribution in [-0.4, -0.2) is 6.41 Å². The van der Waals surface area contributed by atoms with Gasteiger partial charge in [-0.25, -0.2) is 14.1 Å². The standard InChI is InChI=1S/C7H4F2NO/c8-5-1-2-7(10-4-11)6(9)3-5/h1-4H. The average molecular weight is 156 g/mol. The second-order valence-corrected chi connectivity index (χ2v) is 1.83. The second kappa shape index (κ2) is 3.09. The molecule has 0 heterocycles. The van der Waals surface area contributed by atoms with Crippen molar-refractivity contribution >= 4 is 12.1 Å². The van der Waals surface area contributed by atoms with Crippen LogP contribution in [0.1, 0.15) is 0 Å². The lowest BCUT2D eigenvalue weighted by Gasteiger charge is -1.95. The molecule has 0 fully saturated rings. The van der Waals surface area contributed by atoms with Gasteiger partial charge in [-0.3, -0.25) is 4.79 Å². The summed E-state index contributed by atoms with van der Waals surface area (Å²) in [6.45, 7) is 0. The summed E-state index contributed by atoms with van der Waals surface area (Å²) in [7, 11) is 0. The number of benzene rings is 1. The first-order valence-electron chi connectivity index (χ1n) is 2.83. The van der Waals surface area contributed by atoms with Gasteiger partial charge in [0, 0.05) is 6.07 Å². The Morgan fingerprint density at radius 2 is 2.09 bits per heavy atom. The van der Waals surface area contributed by atoms with Crippen molar-refractivity contribution in [1.82, 2.24) is 5.32 Å². The maximum absolute atomic E-state index is 12.5. The van der Waals surface area contributed by atoms with Crippen LogP contribution in [0.2, 0.25) is 0 Å². The fourth-order valence-electron chi connectivity index (χ4n) is 0.643. The molecule has 0 aliphatic rings. The summed E-state index contributed by atoms with van der Waals surface area (Å²) in [6.07, 6.45) is 0.205. The minimum absolute atomic E-state index is 0.151. The first-order chi connectivity index (χ1) is 5.24. The molecule has 1 aromatic rings. The number of nitrogens with zero attached hydrogens (tertiary/aromatic N) is 1. The third kappa shape index (κ3) is 1.73. The van der Waals surface area contributed by atoms with E-state index in [1.54, 1.807) is 0 Å². The van der Waals surface area contributed by atoms with Crippen molar-refractivity contribution in [1.29, 1.82) is 0 Å². The molecule has 1 rings (SSSR count). The number of amides is 1. The molecule has 11 heavy (non-hydrogen) atoms. The van der Waals surface area contributed by atoms with E-state index in [-0.39, 0.29) is 12.1 Å². The van der Waals surface area contributed by atoms with Crippen molar-refractivity contribution in [3.63, 3.8) is 0 Å². The van der Waals surface area contributed by atoms with Gasteiger partial charge in [0.1, 0.15) is 11.5 Å². The number of hydrogen-bond acceptors (Lipinski definition) is 1. The number of rotatable bonds is 2. The van der Waals surface area contributed by atoms with Gasteiger partial charge in [-0.05, 0) is 12.1 Å². The maximum atomic E-state index is 12.5. The van der Waals surface area contributed by atoms with E-state index >= 15 is 0 Å². The highest BCUT2D eigenvalue weighted by Gasteiger charge is 2.02. The van der Waals surface area contributed by atoms with E-state index in [0.29, 0.717) is 6.07 Å². The smallest absolute Gasteiger partial charge is 0.233 e. The predicted molar refractivity (Wildman–Crippen MR) is 34.2 cm³/mol. The molecule has 4 heteroatoms. The fourth-order valence-corrected chi connectivity index (χ4v) is 0.643. The predicted octanol–water partition coefficient (Wildman–Crippen LogP) is 1.36. The first kappa shape index (κ1) is 7.65. The molecule has 0 aliphatic heterocycles. The number of hydrogen-bond donors (Lipinski definition) is 0. The summed E-state index contributed by atoms with van der Waals surface area (Å²) in [6, 6.07) is 2.80.